The molecule has 1 saturated carbocycles. The van der Waals surface area contributed by atoms with E-state index in [-0.39, 0.29) is 18.7 Å². The van der Waals surface area contributed by atoms with E-state index in [0.29, 0.717) is 12.0 Å². The highest BCUT2D eigenvalue weighted by Crippen LogP contribution is 2.25. The third kappa shape index (κ3) is 4.75. The number of hydrogen-bond acceptors (Lipinski definition) is 2. The smallest absolute Gasteiger partial charge is 0.303 e. The number of amides is 1. The lowest BCUT2D eigenvalue weighted by molar-refractivity contribution is -0.142. The molecule has 4 heteroatoms. The number of aliphatic carboxylic acids is 1. The Morgan fingerprint density at radius 3 is 2.29 bits per heavy atom. The van der Waals surface area contributed by atoms with Gasteiger partial charge in [0.1, 0.15) is 0 Å². The second-order valence-electron chi connectivity index (χ2n) is 5.27. The molecule has 98 valence electrons. The summed E-state index contributed by atoms with van der Waals surface area (Å²) >= 11 is 0. The van der Waals surface area contributed by atoms with Gasteiger partial charge in [-0.2, -0.15) is 0 Å². The molecule has 0 atom stereocenters. The summed E-state index contributed by atoms with van der Waals surface area (Å²) in [4.78, 5) is 24.4. The van der Waals surface area contributed by atoms with Gasteiger partial charge >= 0.3 is 5.97 Å². The van der Waals surface area contributed by atoms with Crippen molar-refractivity contribution in [3.63, 3.8) is 0 Å². The van der Waals surface area contributed by atoms with Crippen molar-refractivity contribution in [3.05, 3.63) is 0 Å². The molecule has 1 aliphatic rings. The van der Waals surface area contributed by atoms with Gasteiger partial charge in [-0.3, -0.25) is 9.59 Å². The first-order chi connectivity index (χ1) is 8.00. The van der Waals surface area contributed by atoms with Gasteiger partial charge in [-0.1, -0.05) is 26.7 Å². The topological polar surface area (TPSA) is 57.6 Å². The van der Waals surface area contributed by atoms with E-state index in [4.69, 9.17) is 5.11 Å². The van der Waals surface area contributed by atoms with Crippen LogP contribution in [-0.4, -0.2) is 34.5 Å². The third-order valence-electron chi connectivity index (χ3n) is 3.20. The van der Waals surface area contributed by atoms with Crippen molar-refractivity contribution in [2.24, 2.45) is 5.92 Å². The molecule has 0 aromatic carbocycles. The highest BCUT2D eigenvalue weighted by Gasteiger charge is 2.26. The average molecular weight is 241 g/mol. The predicted molar refractivity (Wildman–Crippen MR) is 65.7 cm³/mol. The van der Waals surface area contributed by atoms with Crippen molar-refractivity contribution in [1.29, 1.82) is 0 Å². The number of carboxylic acids is 1. The van der Waals surface area contributed by atoms with Gasteiger partial charge in [0.15, 0.2) is 0 Å². The number of nitrogens with zero attached hydrogens (tertiary/aromatic N) is 1. The minimum Gasteiger partial charge on any atom is -0.481 e. The summed E-state index contributed by atoms with van der Waals surface area (Å²) in [5, 5.41) is 8.62. The Morgan fingerprint density at radius 2 is 1.82 bits per heavy atom. The highest BCUT2D eigenvalue weighted by molar-refractivity contribution is 5.81. The minimum atomic E-state index is -0.894. The van der Waals surface area contributed by atoms with E-state index in [1.807, 2.05) is 4.90 Å². The number of hydrogen-bond donors (Lipinski definition) is 1. The third-order valence-corrected chi connectivity index (χ3v) is 3.20. The molecular formula is C13H23NO3. The van der Waals surface area contributed by atoms with Gasteiger partial charge in [0, 0.05) is 19.0 Å². The van der Waals surface area contributed by atoms with E-state index in [1.54, 1.807) is 0 Å². The van der Waals surface area contributed by atoms with Gasteiger partial charge in [0.25, 0.3) is 0 Å². The fraction of sp³-hybridized carbons (Fsp3) is 0.846. The number of carboxylic acid groups (broad SMARTS) is 1. The van der Waals surface area contributed by atoms with Gasteiger partial charge in [-0.25, -0.2) is 0 Å². The molecule has 1 aliphatic carbocycles. The largest absolute Gasteiger partial charge is 0.481 e. The first-order valence-electron chi connectivity index (χ1n) is 6.52. The van der Waals surface area contributed by atoms with Gasteiger partial charge in [0.05, 0.1) is 6.42 Å². The summed E-state index contributed by atoms with van der Waals surface area (Å²) in [5.41, 5.74) is 0. The Kier molecular flexibility index (Phi) is 5.45. The Balaban J connectivity index is 2.54. The Bertz CT molecular complexity index is 270. The summed E-state index contributed by atoms with van der Waals surface area (Å²) in [6.07, 6.45) is 4.60. The first kappa shape index (κ1) is 14.0. The fourth-order valence-electron chi connectivity index (χ4n) is 2.42. The molecule has 1 fully saturated rings. The van der Waals surface area contributed by atoms with Gasteiger partial charge in [-0.15, -0.1) is 0 Å². The molecule has 0 aliphatic heterocycles. The zero-order chi connectivity index (χ0) is 12.8. The Morgan fingerprint density at radius 1 is 1.24 bits per heavy atom. The van der Waals surface area contributed by atoms with Crippen molar-refractivity contribution in [3.8, 4) is 0 Å². The van der Waals surface area contributed by atoms with E-state index in [0.717, 1.165) is 19.4 Å². The SMILES string of the molecule is CC(C)CN(C(=O)CCC(=O)O)C1CCCC1. The molecule has 1 amide bonds. The van der Waals surface area contributed by atoms with Crippen LogP contribution in [0.25, 0.3) is 0 Å². The second-order valence-corrected chi connectivity index (χ2v) is 5.27. The quantitative estimate of drug-likeness (QED) is 0.776. The maximum absolute atomic E-state index is 12.0. The van der Waals surface area contributed by atoms with Crippen LogP contribution in [0.5, 0.6) is 0 Å². The van der Waals surface area contributed by atoms with Crippen LogP contribution >= 0.6 is 0 Å². The molecular weight excluding hydrogens is 218 g/mol. The molecule has 0 spiro atoms. The maximum Gasteiger partial charge on any atom is 0.303 e. The van der Waals surface area contributed by atoms with E-state index < -0.39 is 5.97 Å². The second kappa shape index (κ2) is 6.62. The molecule has 1 rings (SSSR count). The van der Waals surface area contributed by atoms with E-state index >= 15 is 0 Å². The molecule has 4 nitrogen and oxygen atoms in total. The van der Waals surface area contributed by atoms with E-state index in [9.17, 15) is 9.59 Å². The molecule has 17 heavy (non-hydrogen) atoms. The Labute approximate surface area is 103 Å². The number of rotatable bonds is 6. The van der Waals surface area contributed by atoms with Crippen molar-refractivity contribution in [2.45, 2.75) is 58.4 Å². The summed E-state index contributed by atoms with van der Waals surface area (Å²) in [5.74, 6) is -0.452. The van der Waals surface area contributed by atoms with Crippen molar-refractivity contribution in [1.82, 2.24) is 4.90 Å². The van der Waals surface area contributed by atoms with Gasteiger partial charge < -0.3 is 10.0 Å². The van der Waals surface area contributed by atoms with E-state index in [1.165, 1.54) is 12.8 Å². The summed E-state index contributed by atoms with van der Waals surface area (Å²) in [6.45, 7) is 4.93. The van der Waals surface area contributed by atoms with Crippen LogP contribution in [0.2, 0.25) is 0 Å². The molecule has 0 bridgehead atoms. The van der Waals surface area contributed by atoms with Crippen LogP contribution in [-0.2, 0) is 9.59 Å². The zero-order valence-electron chi connectivity index (χ0n) is 10.8. The first-order valence-corrected chi connectivity index (χ1v) is 6.52. The molecule has 0 saturated heterocycles. The van der Waals surface area contributed by atoms with Crippen LogP contribution in [0.4, 0.5) is 0 Å². The Hall–Kier alpha value is -1.06. The van der Waals surface area contributed by atoms with Gasteiger partial charge in [-0.05, 0) is 18.8 Å². The summed E-state index contributed by atoms with van der Waals surface area (Å²) < 4.78 is 0. The minimum absolute atomic E-state index is 0.00741. The van der Waals surface area contributed by atoms with Crippen LogP contribution in [0, 0.1) is 5.92 Å². The lowest BCUT2D eigenvalue weighted by atomic mass is 10.1. The molecule has 0 unspecified atom stereocenters. The number of carbonyl (C=O) groups is 2. The molecule has 0 heterocycles. The maximum atomic E-state index is 12.0. The molecule has 0 radical (unpaired) electrons. The summed E-state index contributed by atoms with van der Waals surface area (Å²) in [6, 6.07) is 0.346. The standard InChI is InChI=1S/C13H23NO3/c1-10(2)9-14(11-5-3-4-6-11)12(15)7-8-13(16)17/h10-11H,3-9H2,1-2H3,(H,16,17). The molecule has 1 N–H and O–H groups in total. The molecule has 0 aromatic rings. The fourth-order valence-corrected chi connectivity index (χ4v) is 2.42. The monoisotopic (exact) mass is 241 g/mol. The van der Waals surface area contributed by atoms with Crippen molar-refractivity contribution >= 4 is 11.9 Å². The normalized spacial score (nSPS) is 16.4. The zero-order valence-corrected chi connectivity index (χ0v) is 10.8. The van der Waals surface area contributed by atoms with Crippen LogP contribution < -0.4 is 0 Å². The van der Waals surface area contributed by atoms with E-state index in [2.05, 4.69) is 13.8 Å². The summed E-state index contributed by atoms with van der Waals surface area (Å²) in [7, 11) is 0. The average Bonchev–Trinajstić information content (AvgIpc) is 2.75. The van der Waals surface area contributed by atoms with Crippen molar-refractivity contribution in [2.75, 3.05) is 6.54 Å². The number of carbonyl (C=O) groups excluding carboxylic acids is 1. The lowest BCUT2D eigenvalue weighted by Gasteiger charge is -2.30. The van der Waals surface area contributed by atoms with Crippen LogP contribution in [0.1, 0.15) is 52.4 Å². The highest BCUT2D eigenvalue weighted by atomic mass is 16.4. The predicted octanol–water partition coefficient (Wildman–Crippen LogP) is 2.28. The van der Waals surface area contributed by atoms with Crippen LogP contribution in [0.3, 0.4) is 0 Å². The van der Waals surface area contributed by atoms with Crippen LogP contribution in [0.15, 0.2) is 0 Å². The van der Waals surface area contributed by atoms with Gasteiger partial charge in [0.2, 0.25) is 5.91 Å². The lowest BCUT2D eigenvalue weighted by Crippen LogP contribution is -2.41. The van der Waals surface area contributed by atoms with Crippen molar-refractivity contribution < 1.29 is 14.7 Å². The molecule has 0 aromatic heterocycles.